The van der Waals surface area contributed by atoms with E-state index in [9.17, 15) is 0 Å². The van der Waals surface area contributed by atoms with Crippen LogP contribution in [0.1, 0.15) is 37.5 Å². The minimum absolute atomic E-state index is 0.106. The summed E-state index contributed by atoms with van der Waals surface area (Å²) in [4.78, 5) is 0. The normalized spacial score (nSPS) is 13.3. The molecular formula is C23H33NO3. The Morgan fingerprint density at radius 2 is 1.67 bits per heavy atom. The van der Waals surface area contributed by atoms with Gasteiger partial charge < -0.3 is 19.5 Å². The molecule has 0 saturated carbocycles. The van der Waals surface area contributed by atoms with Gasteiger partial charge in [-0.1, -0.05) is 49.4 Å². The van der Waals surface area contributed by atoms with Crippen molar-refractivity contribution in [2.75, 3.05) is 33.5 Å². The zero-order valence-corrected chi connectivity index (χ0v) is 16.8. The molecule has 0 bridgehead atoms. The van der Waals surface area contributed by atoms with Gasteiger partial charge in [0, 0.05) is 19.7 Å². The molecule has 0 aliphatic rings. The molecule has 2 aromatic carbocycles. The lowest BCUT2D eigenvalue weighted by Gasteiger charge is -2.17. The molecule has 2 aromatic rings. The van der Waals surface area contributed by atoms with Crippen LogP contribution in [0.2, 0.25) is 0 Å². The van der Waals surface area contributed by atoms with E-state index in [4.69, 9.17) is 14.2 Å². The monoisotopic (exact) mass is 371 g/mol. The molecule has 148 valence electrons. The third-order valence-electron chi connectivity index (χ3n) is 4.48. The van der Waals surface area contributed by atoms with E-state index in [1.54, 1.807) is 7.11 Å². The predicted octanol–water partition coefficient (Wildman–Crippen LogP) is 4.40. The van der Waals surface area contributed by atoms with Crippen LogP contribution in [0.25, 0.3) is 0 Å². The van der Waals surface area contributed by atoms with E-state index in [-0.39, 0.29) is 6.10 Å². The van der Waals surface area contributed by atoms with Gasteiger partial charge in [0.25, 0.3) is 0 Å². The Morgan fingerprint density at radius 1 is 0.926 bits per heavy atom. The molecule has 2 unspecified atom stereocenters. The summed E-state index contributed by atoms with van der Waals surface area (Å²) < 4.78 is 16.8. The first kappa shape index (κ1) is 21.4. The first-order chi connectivity index (χ1) is 13.2. The standard InChI is InChI=1S/C23H33NO3/c1-4-23(27-17-16-25-3)21-10-12-22(13-11-21)26-15-14-24-19(2)18-20-8-6-5-7-9-20/h5-13,19,23-24H,4,14-18H2,1-3H3. The van der Waals surface area contributed by atoms with Crippen LogP contribution in [0.4, 0.5) is 0 Å². The van der Waals surface area contributed by atoms with Crippen LogP contribution in [-0.4, -0.2) is 39.5 Å². The van der Waals surface area contributed by atoms with Crippen molar-refractivity contribution in [3.8, 4) is 5.75 Å². The SMILES string of the molecule is CCC(OCCOC)c1ccc(OCCNC(C)Cc2ccccc2)cc1. The largest absolute Gasteiger partial charge is 0.492 e. The van der Waals surface area contributed by atoms with Gasteiger partial charge in [0.05, 0.1) is 19.3 Å². The maximum atomic E-state index is 5.86. The Kier molecular flexibility index (Phi) is 9.91. The summed E-state index contributed by atoms with van der Waals surface area (Å²) in [7, 11) is 1.69. The molecule has 2 rings (SSSR count). The molecule has 4 heteroatoms. The fourth-order valence-electron chi connectivity index (χ4n) is 3.02. The van der Waals surface area contributed by atoms with Gasteiger partial charge in [-0.2, -0.15) is 0 Å². The molecule has 0 aliphatic carbocycles. The van der Waals surface area contributed by atoms with Crippen molar-refractivity contribution in [3.05, 3.63) is 65.7 Å². The Labute approximate surface area is 163 Å². The second kappa shape index (κ2) is 12.5. The number of methoxy groups -OCH3 is 1. The van der Waals surface area contributed by atoms with Gasteiger partial charge in [0.15, 0.2) is 0 Å². The molecule has 27 heavy (non-hydrogen) atoms. The molecule has 4 nitrogen and oxygen atoms in total. The molecule has 0 spiro atoms. The van der Waals surface area contributed by atoms with Crippen LogP contribution < -0.4 is 10.1 Å². The number of benzene rings is 2. The number of rotatable bonds is 13. The van der Waals surface area contributed by atoms with Crippen molar-refractivity contribution in [3.63, 3.8) is 0 Å². The fraction of sp³-hybridized carbons (Fsp3) is 0.478. The highest BCUT2D eigenvalue weighted by Crippen LogP contribution is 2.23. The molecule has 2 atom stereocenters. The first-order valence-electron chi connectivity index (χ1n) is 9.83. The van der Waals surface area contributed by atoms with Crippen molar-refractivity contribution in [1.82, 2.24) is 5.32 Å². The number of hydrogen-bond donors (Lipinski definition) is 1. The van der Waals surface area contributed by atoms with Crippen LogP contribution in [-0.2, 0) is 15.9 Å². The quantitative estimate of drug-likeness (QED) is 0.530. The van der Waals surface area contributed by atoms with Gasteiger partial charge in [-0.15, -0.1) is 0 Å². The van der Waals surface area contributed by atoms with E-state index in [1.165, 1.54) is 11.1 Å². The summed E-state index contributed by atoms with van der Waals surface area (Å²) in [6.07, 6.45) is 2.07. The highest BCUT2D eigenvalue weighted by atomic mass is 16.5. The Morgan fingerprint density at radius 3 is 2.33 bits per heavy atom. The summed E-state index contributed by atoms with van der Waals surface area (Å²) >= 11 is 0. The fourth-order valence-corrected chi connectivity index (χ4v) is 3.02. The zero-order valence-electron chi connectivity index (χ0n) is 16.8. The highest BCUT2D eigenvalue weighted by molar-refractivity contribution is 5.28. The lowest BCUT2D eigenvalue weighted by Crippen LogP contribution is -2.31. The van der Waals surface area contributed by atoms with Gasteiger partial charge in [-0.3, -0.25) is 0 Å². The zero-order chi connectivity index (χ0) is 19.3. The van der Waals surface area contributed by atoms with Gasteiger partial charge >= 0.3 is 0 Å². The summed E-state index contributed by atoms with van der Waals surface area (Å²) in [5.41, 5.74) is 2.53. The van der Waals surface area contributed by atoms with E-state index in [2.05, 4.69) is 61.6 Å². The van der Waals surface area contributed by atoms with E-state index in [1.807, 2.05) is 12.1 Å². The van der Waals surface area contributed by atoms with Crippen molar-refractivity contribution < 1.29 is 14.2 Å². The van der Waals surface area contributed by atoms with Gasteiger partial charge in [0.1, 0.15) is 12.4 Å². The topological polar surface area (TPSA) is 39.7 Å². The predicted molar refractivity (Wildman–Crippen MR) is 110 cm³/mol. The molecular weight excluding hydrogens is 338 g/mol. The molecule has 0 heterocycles. The van der Waals surface area contributed by atoms with Crippen LogP contribution in [0, 0.1) is 0 Å². The molecule has 0 radical (unpaired) electrons. The summed E-state index contributed by atoms with van der Waals surface area (Å²) in [5, 5.41) is 3.51. The van der Waals surface area contributed by atoms with Crippen LogP contribution in [0.5, 0.6) is 5.75 Å². The van der Waals surface area contributed by atoms with E-state index >= 15 is 0 Å². The lowest BCUT2D eigenvalue weighted by molar-refractivity contribution is 0.0144. The first-order valence-corrected chi connectivity index (χ1v) is 9.83. The van der Waals surface area contributed by atoms with Crippen LogP contribution in [0.3, 0.4) is 0 Å². The van der Waals surface area contributed by atoms with Gasteiger partial charge in [-0.05, 0) is 43.0 Å². The molecule has 0 amide bonds. The Hall–Kier alpha value is -1.88. The summed E-state index contributed by atoms with van der Waals surface area (Å²) in [6, 6.07) is 19.2. The summed E-state index contributed by atoms with van der Waals surface area (Å²) in [5.74, 6) is 0.892. The van der Waals surface area contributed by atoms with E-state index in [0.29, 0.717) is 25.9 Å². The van der Waals surface area contributed by atoms with Crippen molar-refractivity contribution in [2.45, 2.75) is 38.8 Å². The van der Waals surface area contributed by atoms with E-state index in [0.717, 1.165) is 25.1 Å². The van der Waals surface area contributed by atoms with Crippen molar-refractivity contribution in [1.29, 1.82) is 0 Å². The average Bonchev–Trinajstić information content (AvgIpc) is 2.70. The highest BCUT2D eigenvalue weighted by Gasteiger charge is 2.09. The number of nitrogens with one attached hydrogen (secondary N) is 1. The molecule has 0 aliphatic heterocycles. The van der Waals surface area contributed by atoms with Crippen LogP contribution >= 0.6 is 0 Å². The van der Waals surface area contributed by atoms with Crippen LogP contribution in [0.15, 0.2) is 54.6 Å². The maximum absolute atomic E-state index is 5.86. The van der Waals surface area contributed by atoms with E-state index < -0.39 is 0 Å². The minimum Gasteiger partial charge on any atom is -0.492 e. The number of ether oxygens (including phenoxy) is 3. The Balaban J connectivity index is 1.68. The average molecular weight is 372 g/mol. The van der Waals surface area contributed by atoms with Crippen molar-refractivity contribution >= 4 is 0 Å². The number of hydrogen-bond acceptors (Lipinski definition) is 4. The molecule has 0 fully saturated rings. The Bertz CT molecular complexity index is 615. The minimum atomic E-state index is 0.106. The van der Waals surface area contributed by atoms with Gasteiger partial charge in [0.2, 0.25) is 0 Å². The molecule has 0 aromatic heterocycles. The lowest BCUT2D eigenvalue weighted by atomic mass is 10.1. The second-order valence-electron chi connectivity index (χ2n) is 6.72. The third kappa shape index (κ3) is 8.12. The second-order valence-corrected chi connectivity index (χ2v) is 6.72. The maximum Gasteiger partial charge on any atom is 0.119 e. The molecule has 1 N–H and O–H groups in total. The smallest absolute Gasteiger partial charge is 0.119 e. The van der Waals surface area contributed by atoms with Gasteiger partial charge in [-0.25, -0.2) is 0 Å². The molecule has 0 saturated heterocycles. The van der Waals surface area contributed by atoms with Crippen molar-refractivity contribution in [2.24, 2.45) is 0 Å². The summed E-state index contributed by atoms with van der Waals surface area (Å²) in [6.45, 7) is 7.04. The third-order valence-corrected chi connectivity index (χ3v) is 4.48.